The monoisotopic (exact) mass is 270 g/mol. The minimum Gasteiger partial charge on any atom is -0.330 e. The summed E-state index contributed by atoms with van der Waals surface area (Å²) in [5.41, 5.74) is 7.12. The van der Waals surface area contributed by atoms with Crippen molar-refractivity contribution in [3.63, 3.8) is 0 Å². The van der Waals surface area contributed by atoms with E-state index in [1.165, 1.54) is 5.56 Å². The molecule has 0 amide bonds. The van der Waals surface area contributed by atoms with Crippen LogP contribution in [0.3, 0.4) is 0 Å². The minimum absolute atomic E-state index is 0.168. The van der Waals surface area contributed by atoms with Crippen LogP contribution in [0.4, 0.5) is 0 Å². The molecular weight excluding hydrogens is 252 g/mol. The summed E-state index contributed by atoms with van der Waals surface area (Å²) in [7, 11) is 0. The SMILES string of the molecule is CC(C)(CN)CNCc1ccccc1Br. The second-order valence-corrected chi connectivity index (χ2v) is 5.42. The standard InChI is InChI=1S/C12H19BrN2/c1-12(2,8-14)9-15-7-10-5-3-4-6-11(10)13/h3-6,15H,7-9,14H2,1-2H3. The molecule has 0 unspecified atom stereocenters. The van der Waals surface area contributed by atoms with Crippen LogP contribution >= 0.6 is 15.9 Å². The Bertz CT molecular complexity index is 310. The van der Waals surface area contributed by atoms with Crippen LogP contribution in [0.1, 0.15) is 19.4 Å². The first kappa shape index (κ1) is 12.7. The molecule has 0 saturated carbocycles. The Morgan fingerprint density at radius 2 is 2.00 bits per heavy atom. The highest BCUT2D eigenvalue weighted by Crippen LogP contribution is 2.16. The molecule has 3 heteroatoms. The van der Waals surface area contributed by atoms with Gasteiger partial charge < -0.3 is 11.1 Å². The Hall–Kier alpha value is -0.380. The summed E-state index contributed by atoms with van der Waals surface area (Å²) < 4.78 is 1.16. The number of benzene rings is 1. The van der Waals surface area contributed by atoms with Gasteiger partial charge in [-0.05, 0) is 23.6 Å². The molecule has 1 aromatic rings. The lowest BCUT2D eigenvalue weighted by Crippen LogP contribution is -2.35. The van der Waals surface area contributed by atoms with Gasteiger partial charge in [-0.25, -0.2) is 0 Å². The molecule has 1 aromatic carbocycles. The minimum atomic E-state index is 0.168. The lowest BCUT2D eigenvalue weighted by atomic mass is 9.94. The number of nitrogens with two attached hydrogens (primary N) is 1. The third-order valence-corrected chi connectivity index (χ3v) is 3.20. The molecule has 0 aliphatic heterocycles. The molecule has 0 heterocycles. The number of rotatable bonds is 5. The fraction of sp³-hybridized carbons (Fsp3) is 0.500. The molecule has 0 aromatic heterocycles. The summed E-state index contributed by atoms with van der Waals surface area (Å²) in [6.07, 6.45) is 0. The van der Waals surface area contributed by atoms with Crippen molar-refractivity contribution in [2.24, 2.45) is 11.1 Å². The molecule has 1 rings (SSSR count). The third-order valence-electron chi connectivity index (χ3n) is 2.43. The Kier molecular flexibility index (Phi) is 4.77. The fourth-order valence-electron chi connectivity index (χ4n) is 1.25. The van der Waals surface area contributed by atoms with Gasteiger partial charge in [-0.3, -0.25) is 0 Å². The molecular formula is C12H19BrN2. The molecule has 0 saturated heterocycles. The molecule has 0 fully saturated rings. The molecule has 0 bridgehead atoms. The zero-order chi connectivity index (χ0) is 11.3. The molecule has 15 heavy (non-hydrogen) atoms. The van der Waals surface area contributed by atoms with Gasteiger partial charge in [0.1, 0.15) is 0 Å². The maximum atomic E-state index is 5.67. The van der Waals surface area contributed by atoms with Crippen molar-refractivity contribution >= 4 is 15.9 Å². The summed E-state index contributed by atoms with van der Waals surface area (Å²) >= 11 is 3.53. The van der Waals surface area contributed by atoms with Crippen LogP contribution in [0.15, 0.2) is 28.7 Å². The number of halogens is 1. The van der Waals surface area contributed by atoms with Crippen LogP contribution in [0.5, 0.6) is 0 Å². The van der Waals surface area contributed by atoms with Gasteiger partial charge >= 0.3 is 0 Å². The zero-order valence-corrected chi connectivity index (χ0v) is 11.0. The molecule has 0 spiro atoms. The van der Waals surface area contributed by atoms with Crippen LogP contribution in [-0.4, -0.2) is 13.1 Å². The van der Waals surface area contributed by atoms with Gasteiger partial charge in [-0.15, -0.1) is 0 Å². The van der Waals surface area contributed by atoms with Crippen molar-refractivity contribution in [1.82, 2.24) is 5.32 Å². The van der Waals surface area contributed by atoms with E-state index in [1.807, 2.05) is 6.07 Å². The Morgan fingerprint density at radius 3 is 2.60 bits per heavy atom. The number of hydrogen-bond acceptors (Lipinski definition) is 2. The van der Waals surface area contributed by atoms with Crippen LogP contribution in [0.25, 0.3) is 0 Å². The molecule has 3 N–H and O–H groups in total. The number of hydrogen-bond donors (Lipinski definition) is 2. The average molecular weight is 271 g/mol. The van der Waals surface area contributed by atoms with Crippen LogP contribution in [0.2, 0.25) is 0 Å². The molecule has 0 atom stereocenters. The maximum absolute atomic E-state index is 5.67. The molecule has 0 aliphatic rings. The van der Waals surface area contributed by atoms with Crippen LogP contribution in [0, 0.1) is 5.41 Å². The average Bonchev–Trinajstić information content (AvgIpc) is 2.21. The van der Waals surface area contributed by atoms with Gasteiger partial charge in [0.25, 0.3) is 0 Å². The lowest BCUT2D eigenvalue weighted by molar-refractivity contribution is 0.351. The largest absolute Gasteiger partial charge is 0.330 e. The summed E-state index contributed by atoms with van der Waals surface area (Å²) in [5.74, 6) is 0. The van der Waals surface area contributed by atoms with E-state index in [-0.39, 0.29) is 5.41 Å². The summed E-state index contributed by atoms with van der Waals surface area (Å²) in [6, 6.07) is 8.25. The van der Waals surface area contributed by atoms with E-state index in [0.29, 0.717) is 6.54 Å². The van der Waals surface area contributed by atoms with Crippen LogP contribution in [-0.2, 0) is 6.54 Å². The first-order chi connectivity index (χ1) is 7.05. The van der Waals surface area contributed by atoms with E-state index >= 15 is 0 Å². The van der Waals surface area contributed by atoms with Crippen molar-refractivity contribution in [3.05, 3.63) is 34.3 Å². The fourth-order valence-corrected chi connectivity index (χ4v) is 1.67. The van der Waals surface area contributed by atoms with Crippen LogP contribution < -0.4 is 11.1 Å². The Balaban J connectivity index is 2.42. The predicted molar refractivity (Wildman–Crippen MR) is 68.7 cm³/mol. The first-order valence-corrected chi connectivity index (χ1v) is 5.99. The summed E-state index contributed by atoms with van der Waals surface area (Å²) in [4.78, 5) is 0. The van der Waals surface area contributed by atoms with Crippen molar-refractivity contribution in [2.45, 2.75) is 20.4 Å². The molecule has 0 radical (unpaired) electrons. The summed E-state index contributed by atoms with van der Waals surface area (Å²) in [6.45, 7) is 6.85. The second-order valence-electron chi connectivity index (χ2n) is 4.56. The second kappa shape index (κ2) is 5.64. The van der Waals surface area contributed by atoms with Crippen molar-refractivity contribution in [2.75, 3.05) is 13.1 Å². The maximum Gasteiger partial charge on any atom is 0.0220 e. The zero-order valence-electron chi connectivity index (χ0n) is 9.39. The van der Waals surface area contributed by atoms with Gasteiger partial charge in [0.05, 0.1) is 0 Å². The lowest BCUT2D eigenvalue weighted by Gasteiger charge is -2.22. The quantitative estimate of drug-likeness (QED) is 0.863. The van der Waals surface area contributed by atoms with E-state index in [4.69, 9.17) is 5.73 Å². The predicted octanol–water partition coefficient (Wildman–Crippen LogP) is 2.52. The van der Waals surface area contributed by atoms with Crippen molar-refractivity contribution in [1.29, 1.82) is 0 Å². The van der Waals surface area contributed by atoms with Crippen molar-refractivity contribution in [3.8, 4) is 0 Å². The van der Waals surface area contributed by atoms with E-state index in [0.717, 1.165) is 17.6 Å². The normalized spacial score (nSPS) is 11.7. The van der Waals surface area contributed by atoms with Gasteiger partial charge in [0.15, 0.2) is 0 Å². The van der Waals surface area contributed by atoms with Crippen molar-refractivity contribution < 1.29 is 0 Å². The van der Waals surface area contributed by atoms with Gasteiger partial charge in [-0.2, -0.15) is 0 Å². The van der Waals surface area contributed by atoms with E-state index in [9.17, 15) is 0 Å². The Morgan fingerprint density at radius 1 is 1.33 bits per heavy atom. The molecule has 2 nitrogen and oxygen atoms in total. The van der Waals surface area contributed by atoms with E-state index < -0.39 is 0 Å². The summed E-state index contributed by atoms with van der Waals surface area (Å²) in [5, 5.41) is 3.42. The number of nitrogens with one attached hydrogen (secondary N) is 1. The van der Waals surface area contributed by atoms with Gasteiger partial charge in [0.2, 0.25) is 0 Å². The smallest absolute Gasteiger partial charge is 0.0220 e. The van der Waals surface area contributed by atoms with E-state index in [2.05, 4.69) is 53.3 Å². The van der Waals surface area contributed by atoms with Gasteiger partial charge in [0, 0.05) is 17.6 Å². The molecule has 0 aliphatic carbocycles. The first-order valence-electron chi connectivity index (χ1n) is 5.19. The highest BCUT2D eigenvalue weighted by Gasteiger charge is 2.14. The van der Waals surface area contributed by atoms with Gasteiger partial charge in [-0.1, -0.05) is 48.0 Å². The van der Waals surface area contributed by atoms with E-state index in [1.54, 1.807) is 0 Å². The molecule has 84 valence electrons. The highest BCUT2D eigenvalue weighted by atomic mass is 79.9. The highest BCUT2D eigenvalue weighted by molar-refractivity contribution is 9.10. The third kappa shape index (κ3) is 4.33. The Labute approximate surface area is 100 Å². The topological polar surface area (TPSA) is 38.0 Å².